The first-order valence-electron chi connectivity index (χ1n) is 5.83. The van der Waals surface area contributed by atoms with Gasteiger partial charge in [0.2, 0.25) is 5.91 Å². The van der Waals surface area contributed by atoms with Gasteiger partial charge in [-0.25, -0.2) is 0 Å². The number of likely N-dealkylation sites (tertiary alicyclic amines) is 1. The number of aryl methyl sites for hydroxylation is 1. The molecular weight excluding hydrogens is 200 g/mol. The Hall–Kier alpha value is -1.35. The van der Waals surface area contributed by atoms with E-state index < -0.39 is 0 Å². The number of benzene rings is 1. The van der Waals surface area contributed by atoms with Crippen LogP contribution in [0.1, 0.15) is 18.4 Å². The highest BCUT2D eigenvalue weighted by Crippen LogP contribution is 2.10. The number of hydrogen-bond donors (Lipinski definition) is 1. The molecular formula is C13H18N2O. The summed E-state index contributed by atoms with van der Waals surface area (Å²) in [6.07, 6.45) is 2.54. The SMILES string of the molecule is NC1CN(C(=O)CCCc2ccccc2)C1. The van der Waals surface area contributed by atoms with E-state index in [2.05, 4.69) is 12.1 Å². The van der Waals surface area contributed by atoms with Gasteiger partial charge in [0.05, 0.1) is 0 Å². The Labute approximate surface area is 96.2 Å². The minimum atomic E-state index is 0.207. The van der Waals surface area contributed by atoms with E-state index in [1.54, 1.807) is 0 Å². The third kappa shape index (κ3) is 2.83. The number of amides is 1. The molecule has 0 bridgehead atoms. The summed E-state index contributed by atoms with van der Waals surface area (Å²) in [7, 11) is 0. The lowest BCUT2D eigenvalue weighted by atomic mass is 10.1. The molecule has 1 saturated heterocycles. The predicted octanol–water partition coefficient (Wildman–Crippen LogP) is 1.18. The van der Waals surface area contributed by atoms with E-state index in [1.165, 1.54) is 5.56 Å². The van der Waals surface area contributed by atoms with Crippen molar-refractivity contribution in [2.75, 3.05) is 13.1 Å². The lowest BCUT2D eigenvalue weighted by molar-refractivity contribution is -0.135. The van der Waals surface area contributed by atoms with Crippen molar-refractivity contribution in [3.8, 4) is 0 Å². The summed E-state index contributed by atoms with van der Waals surface area (Å²) in [6.45, 7) is 1.48. The Morgan fingerprint density at radius 2 is 2.00 bits per heavy atom. The van der Waals surface area contributed by atoms with E-state index >= 15 is 0 Å². The number of nitrogens with zero attached hydrogens (tertiary/aromatic N) is 1. The maximum Gasteiger partial charge on any atom is 0.222 e. The Kier molecular flexibility index (Phi) is 3.57. The first-order valence-corrected chi connectivity index (χ1v) is 5.83. The Balaban J connectivity index is 1.67. The zero-order valence-electron chi connectivity index (χ0n) is 9.43. The summed E-state index contributed by atoms with van der Waals surface area (Å²) in [6, 6.07) is 10.5. The Morgan fingerprint density at radius 3 is 2.62 bits per heavy atom. The molecule has 2 N–H and O–H groups in total. The molecule has 0 aliphatic carbocycles. The molecule has 1 aromatic carbocycles. The highest BCUT2D eigenvalue weighted by molar-refractivity contribution is 5.77. The highest BCUT2D eigenvalue weighted by atomic mass is 16.2. The van der Waals surface area contributed by atoms with Crippen molar-refractivity contribution in [3.63, 3.8) is 0 Å². The van der Waals surface area contributed by atoms with Gasteiger partial charge in [0, 0.05) is 25.6 Å². The molecule has 3 heteroatoms. The molecule has 0 spiro atoms. The molecule has 0 radical (unpaired) electrons. The van der Waals surface area contributed by atoms with Crippen molar-refractivity contribution < 1.29 is 4.79 Å². The lowest BCUT2D eigenvalue weighted by Gasteiger charge is -2.36. The van der Waals surface area contributed by atoms with Gasteiger partial charge in [-0.1, -0.05) is 30.3 Å². The van der Waals surface area contributed by atoms with Gasteiger partial charge >= 0.3 is 0 Å². The van der Waals surface area contributed by atoms with Gasteiger partial charge in [0.25, 0.3) is 0 Å². The first-order chi connectivity index (χ1) is 7.75. The first kappa shape index (κ1) is 11.1. The zero-order chi connectivity index (χ0) is 11.4. The normalized spacial score (nSPS) is 15.9. The average Bonchev–Trinajstić information content (AvgIpc) is 2.26. The summed E-state index contributed by atoms with van der Waals surface area (Å²) >= 11 is 0. The van der Waals surface area contributed by atoms with Crippen molar-refractivity contribution in [2.24, 2.45) is 5.73 Å². The fourth-order valence-corrected chi connectivity index (χ4v) is 1.96. The van der Waals surface area contributed by atoms with Crippen LogP contribution in [0, 0.1) is 0 Å². The molecule has 1 fully saturated rings. The van der Waals surface area contributed by atoms with E-state index in [0.717, 1.165) is 25.9 Å². The van der Waals surface area contributed by atoms with E-state index in [1.807, 2.05) is 23.1 Å². The number of carbonyl (C=O) groups excluding carboxylic acids is 1. The molecule has 16 heavy (non-hydrogen) atoms. The van der Waals surface area contributed by atoms with Crippen LogP contribution in [0.15, 0.2) is 30.3 Å². The average molecular weight is 218 g/mol. The fraction of sp³-hybridized carbons (Fsp3) is 0.462. The quantitative estimate of drug-likeness (QED) is 0.825. The molecule has 1 heterocycles. The maximum atomic E-state index is 11.6. The molecule has 0 unspecified atom stereocenters. The van der Waals surface area contributed by atoms with Crippen LogP contribution in [0.3, 0.4) is 0 Å². The largest absolute Gasteiger partial charge is 0.339 e. The molecule has 0 aromatic heterocycles. The fourth-order valence-electron chi connectivity index (χ4n) is 1.96. The van der Waals surface area contributed by atoms with Crippen LogP contribution in [-0.2, 0) is 11.2 Å². The van der Waals surface area contributed by atoms with Crippen LogP contribution in [0.25, 0.3) is 0 Å². The van der Waals surface area contributed by atoms with Crippen LogP contribution in [0.4, 0.5) is 0 Å². The van der Waals surface area contributed by atoms with Crippen LogP contribution >= 0.6 is 0 Å². The number of nitrogens with two attached hydrogens (primary N) is 1. The molecule has 0 atom stereocenters. The molecule has 3 nitrogen and oxygen atoms in total. The summed E-state index contributed by atoms with van der Waals surface area (Å²) in [5.74, 6) is 0.248. The number of hydrogen-bond acceptors (Lipinski definition) is 2. The van der Waals surface area contributed by atoms with Gasteiger partial charge in [-0.05, 0) is 18.4 Å². The molecule has 1 aliphatic heterocycles. The minimum Gasteiger partial charge on any atom is -0.339 e. The topological polar surface area (TPSA) is 46.3 Å². The van der Waals surface area contributed by atoms with Gasteiger partial charge in [-0.15, -0.1) is 0 Å². The smallest absolute Gasteiger partial charge is 0.222 e. The van der Waals surface area contributed by atoms with Gasteiger partial charge in [-0.2, -0.15) is 0 Å². The van der Waals surface area contributed by atoms with Crippen molar-refractivity contribution >= 4 is 5.91 Å². The second kappa shape index (κ2) is 5.12. The van der Waals surface area contributed by atoms with Gasteiger partial charge in [-0.3, -0.25) is 4.79 Å². The summed E-state index contributed by atoms with van der Waals surface area (Å²) in [5, 5.41) is 0. The molecule has 0 saturated carbocycles. The number of carbonyl (C=O) groups is 1. The summed E-state index contributed by atoms with van der Waals surface area (Å²) in [5.41, 5.74) is 6.93. The number of rotatable bonds is 4. The van der Waals surface area contributed by atoms with Crippen LogP contribution in [-0.4, -0.2) is 29.9 Å². The third-order valence-electron chi connectivity index (χ3n) is 2.96. The Morgan fingerprint density at radius 1 is 1.31 bits per heavy atom. The second-order valence-electron chi connectivity index (χ2n) is 4.40. The highest BCUT2D eigenvalue weighted by Gasteiger charge is 2.26. The predicted molar refractivity (Wildman–Crippen MR) is 63.9 cm³/mol. The van der Waals surface area contributed by atoms with Crippen molar-refractivity contribution in [1.82, 2.24) is 4.90 Å². The van der Waals surface area contributed by atoms with Crippen molar-refractivity contribution in [3.05, 3.63) is 35.9 Å². The van der Waals surface area contributed by atoms with Crippen molar-refractivity contribution in [1.29, 1.82) is 0 Å². The zero-order valence-corrected chi connectivity index (χ0v) is 9.43. The lowest BCUT2D eigenvalue weighted by Crippen LogP contribution is -2.57. The van der Waals surface area contributed by atoms with Crippen LogP contribution in [0.5, 0.6) is 0 Å². The molecule has 86 valence electrons. The summed E-state index contributed by atoms with van der Waals surface area (Å²) in [4.78, 5) is 13.5. The van der Waals surface area contributed by atoms with Gasteiger partial charge in [0.1, 0.15) is 0 Å². The van der Waals surface area contributed by atoms with E-state index in [0.29, 0.717) is 6.42 Å². The van der Waals surface area contributed by atoms with E-state index in [9.17, 15) is 4.79 Å². The minimum absolute atomic E-state index is 0.207. The van der Waals surface area contributed by atoms with Gasteiger partial charge < -0.3 is 10.6 Å². The van der Waals surface area contributed by atoms with Crippen LogP contribution < -0.4 is 5.73 Å². The molecule has 2 rings (SSSR count). The molecule has 1 aromatic rings. The molecule has 1 amide bonds. The monoisotopic (exact) mass is 218 g/mol. The second-order valence-corrected chi connectivity index (χ2v) is 4.40. The van der Waals surface area contributed by atoms with E-state index in [4.69, 9.17) is 5.73 Å². The standard InChI is InChI=1S/C13H18N2O/c14-12-9-15(10-12)13(16)8-4-7-11-5-2-1-3-6-11/h1-3,5-6,12H,4,7-10,14H2. The Bertz CT molecular complexity index is 344. The van der Waals surface area contributed by atoms with Crippen molar-refractivity contribution in [2.45, 2.75) is 25.3 Å². The van der Waals surface area contributed by atoms with Gasteiger partial charge in [0.15, 0.2) is 0 Å². The molecule has 1 aliphatic rings. The summed E-state index contributed by atoms with van der Waals surface area (Å²) < 4.78 is 0. The third-order valence-corrected chi connectivity index (χ3v) is 2.96. The van der Waals surface area contributed by atoms with Crippen LogP contribution in [0.2, 0.25) is 0 Å². The van der Waals surface area contributed by atoms with E-state index in [-0.39, 0.29) is 11.9 Å². The maximum absolute atomic E-state index is 11.6.